The largest absolute Gasteiger partial charge is 0.394 e. The fraction of sp³-hybridized carbons (Fsp3) is 0.538. The molecule has 0 fully saturated rings. The fourth-order valence-corrected chi connectivity index (χ4v) is 2.10. The number of aliphatic hydroxyl groups is 1. The Kier molecular flexibility index (Phi) is 3.89. The number of likely N-dealkylation sites (N-methyl/N-ethyl adjacent to an activating group) is 1. The van der Waals surface area contributed by atoms with Gasteiger partial charge in [-0.1, -0.05) is 6.07 Å². The summed E-state index contributed by atoms with van der Waals surface area (Å²) in [7, 11) is 1.89. The summed E-state index contributed by atoms with van der Waals surface area (Å²) in [5.41, 5.74) is 6.40. The van der Waals surface area contributed by atoms with Gasteiger partial charge in [0.2, 0.25) is 0 Å². The maximum atomic E-state index is 9.35. The van der Waals surface area contributed by atoms with E-state index in [2.05, 4.69) is 39.1 Å². The number of rotatable bonds is 3. The first kappa shape index (κ1) is 12.2. The lowest BCUT2D eigenvalue weighted by Gasteiger charge is -2.22. The molecule has 2 nitrogen and oxygen atoms in total. The van der Waals surface area contributed by atoms with E-state index in [9.17, 15) is 5.11 Å². The highest BCUT2D eigenvalue weighted by Crippen LogP contribution is 2.26. The highest BCUT2D eigenvalue weighted by molar-refractivity contribution is 5.45. The summed E-state index contributed by atoms with van der Waals surface area (Å²) in [5.74, 6) is 0. The second-order valence-corrected chi connectivity index (χ2v) is 4.20. The first-order chi connectivity index (χ1) is 7.02. The molecule has 0 amide bonds. The van der Waals surface area contributed by atoms with Crippen LogP contribution in [0.2, 0.25) is 0 Å². The number of aryl methyl sites for hydroxylation is 2. The van der Waals surface area contributed by atoms with Crippen LogP contribution in [-0.4, -0.2) is 18.8 Å². The lowest BCUT2D eigenvalue weighted by atomic mass is 9.90. The Hall–Kier alpha value is -0.860. The van der Waals surface area contributed by atoms with Gasteiger partial charge in [-0.15, -0.1) is 0 Å². The molecule has 84 valence electrons. The second-order valence-electron chi connectivity index (χ2n) is 4.20. The maximum Gasteiger partial charge on any atom is 0.0626 e. The van der Waals surface area contributed by atoms with Gasteiger partial charge in [-0.05, 0) is 62.6 Å². The van der Waals surface area contributed by atoms with Crippen molar-refractivity contribution in [2.75, 3.05) is 13.7 Å². The maximum absolute atomic E-state index is 9.35. The summed E-state index contributed by atoms with van der Waals surface area (Å²) < 4.78 is 0. The molecule has 1 unspecified atom stereocenters. The molecular weight excluding hydrogens is 186 g/mol. The lowest BCUT2D eigenvalue weighted by molar-refractivity contribution is 0.250. The lowest BCUT2D eigenvalue weighted by Crippen LogP contribution is -2.22. The van der Waals surface area contributed by atoms with Crippen LogP contribution in [0.4, 0.5) is 0 Å². The molecule has 2 N–H and O–H groups in total. The van der Waals surface area contributed by atoms with Crippen LogP contribution in [-0.2, 0) is 0 Å². The van der Waals surface area contributed by atoms with E-state index in [0.29, 0.717) is 0 Å². The SMILES string of the molecule is CNC(CO)c1c(C)c(C)cc(C)c1C. The van der Waals surface area contributed by atoms with Crippen LogP contribution in [0.25, 0.3) is 0 Å². The van der Waals surface area contributed by atoms with E-state index in [1.807, 2.05) is 7.05 Å². The molecule has 0 aromatic heterocycles. The van der Waals surface area contributed by atoms with E-state index < -0.39 is 0 Å². The van der Waals surface area contributed by atoms with Crippen molar-refractivity contribution in [2.45, 2.75) is 33.7 Å². The van der Waals surface area contributed by atoms with Gasteiger partial charge in [-0.2, -0.15) is 0 Å². The zero-order valence-corrected chi connectivity index (χ0v) is 10.3. The van der Waals surface area contributed by atoms with Gasteiger partial charge in [0.15, 0.2) is 0 Å². The monoisotopic (exact) mass is 207 g/mol. The van der Waals surface area contributed by atoms with Gasteiger partial charge in [0.1, 0.15) is 0 Å². The summed E-state index contributed by atoms with van der Waals surface area (Å²) in [6, 6.07) is 2.25. The molecule has 0 saturated carbocycles. The molecule has 0 saturated heterocycles. The van der Waals surface area contributed by atoms with Gasteiger partial charge in [-0.25, -0.2) is 0 Å². The number of benzene rings is 1. The smallest absolute Gasteiger partial charge is 0.0626 e. The third-order valence-corrected chi connectivity index (χ3v) is 3.30. The molecular formula is C13H21NO. The zero-order valence-electron chi connectivity index (χ0n) is 10.3. The van der Waals surface area contributed by atoms with Crippen molar-refractivity contribution >= 4 is 0 Å². The molecule has 2 heteroatoms. The van der Waals surface area contributed by atoms with Crippen molar-refractivity contribution in [3.63, 3.8) is 0 Å². The molecule has 1 atom stereocenters. The van der Waals surface area contributed by atoms with Crippen molar-refractivity contribution < 1.29 is 5.11 Å². The second kappa shape index (κ2) is 4.77. The predicted octanol–water partition coefficient (Wildman–Crippen LogP) is 2.17. The normalized spacial score (nSPS) is 12.9. The number of hydrogen-bond donors (Lipinski definition) is 2. The Labute approximate surface area is 92.3 Å². The van der Waals surface area contributed by atoms with E-state index in [0.717, 1.165) is 0 Å². The summed E-state index contributed by atoms with van der Waals surface area (Å²) in [4.78, 5) is 0. The van der Waals surface area contributed by atoms with Crippen LogP contribution in [0, 0.1) is 27.7 Å². The van der Waals surface area contributed by atoms with Crippen LogP contribution in [0.15, 0.2) is 6.07 Å². The summed E-state index contributed by atoms with van der Waals surface area (Å²) in [6.45, 7) is 8.63. The molecule has 1 aromatic carbocycles. The average Bonchev–Trinajstić information content (AvgIpc) is 2.21. The number of hydrogen-bond acceptors (Lipinski definition) is 2. The highest BCUT2D eigenvalue weighted by Gasteiger charge is 2.16. The minimum atomic E-state index is 0.0450. The van der Waals surface area contributed by atoms with E-state index in [1.54, 1.807) is 0 Å². The van der Waals surface area contributed by atoms with Gasteiger partial charge < -0.3 is 10.4 Å². The Morgan fingerprint density at radius 1 is 1.13 bits per heavy atom. The molecule has 0 aliphatic heterocycles. The summed E-state index contributed by atoms with van der Waals surface area (Å²) in [6.07, 6.45) is 0. The molecule has 0 heterocycles. The topological polar surface area (TPSA) is 32.3 Å². The van der Waals surface area contributed by atoms with Crippen molar-refractivity contribution in [1.29, 1.82) is 0 Å². The van der Waals surface area contributed by atoms with E-state index in [4.69, 9.17) is 0 Å². The quantitative estimate of drug-likeness (QED) is 0.796. The van der Waals surface area contributed by atoms with Crippen LogP contribution >= 0.6 is 0 Å². The van der Waals surface area contributed by atoms with E-state index in [-0.39, 0.29) is 12.6 Å². The molecule has 0 bridgehead atoms. The minimum Gasteiger partial charge on any atom is -0.394 e. The predicted molar refractivity (Wildman–Crippen MR) is 64.3 cm³/mol. The Morgan fingerprint density at radius 3 is 1.93 bits per heavy atom. The van der Waals surface area contributed by atoms with Crippen molar-refractivity contribution in [1.82, 2.24) is 5.32 Å². The van der Waals surface area contributed by atoms with Crippen LogP contribution < -0.4 is 5.32 Å². The molecule has 0 aliphatic carbocycles. The summed E-state index contributed by atoms with van der Waals surface area (Å²) in [5, 5.41) is 12.5. The van der Waals surface area contributed by atoms with Crippen molar-refractivity contribution in [3.05, 3.63) is 33.9 Å². The zero-order chi connectivity index (χ0) is 11.6. The molecule has 1 aromatic rings. The minimum absolute atomic E-state index is 0.0450. The van der Waals surface area contributed by atoms with E-state index >= 15 is 0 Å². The molecule has 0 spiro atoms. The highest BCUT2D eigenvalue weighted by atomic mass is 16.3. The average molecular weight is 207 g/mol. The number of nitrogens with one attached hydrogen (secondary N) is 1. The molecule has 1 rings (SSSR count). The molecule has 15 heavy (non-hydrogen) atoms. The first-order valence-corrected chi connectivity index (χ1v) is 5.38. The van der Waals surface area contributed by atoms with Crippen LogP contribution in [0.5, 0.6) is 0 Å². The van der Waals surface area contributed by atoms with Gasteiger partial charge in [0.25, 0.3) is 0 Å². The Morgan fingerprint density at radius 2 is 1.60 bits per heavy atom. The fourth-order valence-electron chi connectivity index (χ4n) is 2.10. The van der Waals surface area contributed by atoms with Crippen LogP contribution in [0.3, 0.4) is 0 Å². The van der Waals surface area contributed by atoms with E-state index in [1.165, 1.54) is 27.8 Å². The molecule has 0 radical (unpaired) electrons. The standard InChI is InChI=1S/C13H21NO/c1-8-6-9(2)11(4)13(10(8)3)12(7-15)14-5/h6,12,14-15H,7H2,1-5H3. The first-order valence-electron chi connectivity index (χ1n) is 5.38. The Balaban J connectivity index is 3.37. The van der Waals surface area contributed by atoms with Gasteiger partial charge in [0.05, 0.1) is 12.6 Å². The van der Waals surface area contributed by atoms with Crippen LogP contribution in [0.1, 0.15) is 33.9 Å². The summed E-state index contributed by atoms with van der Waals surface area (Å²) >= 11 is 0. The molecule has 0 aliphatic rings. The van der Waals surface area contributed by atoms with Crippen molar-refractivity contribution in [3.8, 4) is 0 Å². The third-order valence-electron chi connectivity index (χ3n) is 3.30. The van der Waals surface area contributed by atoms with Crippen molar-refractivity contribution in [2.24, 2.45) is 0 Å². The van der Waals surface area contributed by atoms with Gasteiger partial charge >= 0.3 is 0 Å². The third kappa shape index (κ3) is 2.21. The van der Waals surface area contributed by atoms with Gasteiger partial charge in [-0.3, -0.25) is 0 Å². The number of aliphatic hydroxyl groups excluding tert-OH is 1. The van der Waals surface area contributed by atoms with Gasteiger partial charge in [0, 0.05) is 0 Å². The Bertz CT molecular complexity index is 328.